The Kier molecular flexibility index (Phi) is 6.00. The van der Waals surface area contributed by atoms with Crippen LogP contribution in [-0.2, 0) is 17.4 Å². The molecule has 124 valence electrons. The Morgan fingerprint density at radius 2 is 1.82 bits per heavy atom. The van der Waals surface area contributed by atoms with Gasteiger partial charge < -0.3 is 10.8 Å². The fourth-order valence-corrected chi connectivity index (χ4v) is 2.43. The average molecular weight is 317 g/mol. The number of carbonyl (C=O) groups is 1. The lowest BCUT2D eigenvalue weighted by molar-refractivity contribution is -0.143. The fourth-order valence-electron chi connectivity index (χ4n) is 2.43. The zero-order valence-electron chi connectivity index (χ0n) is 12.8. The number of hydrogen-bond acceptors (Lipinski definition) is 2. The van der Waals surface area contributed by atoms with Crippen LogP contribution >= 0.6 is 0 Å². The highest BCUT2D eigenvalue weighted by molar-refractivity contribution is 5.77. The Labute approximate surface area is 128 Å². The molecule has 0 spiro atoms. The number of aryl methyl sites for hydroxylation is 1. The smallest absolute Gasteiger partial charge is 0.416 e. The number of carboxylic acid groups (broad SMARTS) is 1. The van der Waals surface area contributed by atoms with Crippen molar-refractivity contribution in [1.82, 2.24) is 0 Å². The van der Waals surface area contributed by atoms with Gasteiger partial charge in [-0.3, -0.25) is 4.79 Å². The van der Waals surface area contributed by atoms with Crippen molar-refractivity contribution >= 4 is 5.97 Å². The maximum Gasteiger partial charge on any atom is 0.416 e. The van der Waals surface area contributed by atoms with Crippen LogP contribution in [0.5, 0.6) is 0 Å². The summed E-state index contributed by atoms with van der Waals surface area (Å²) in [7, 11) is 0. The quantitative estimate of drug-likeness (QED) is 0.803. The van der Waals surface area contributed by atoms with Crippen LogP contribution < -0.4 is 5.73 Å². The van der Waals surface area contributed by atoms with Gasteiger partial charge in [-0.05, 0) is 49.8 Å². The summed E-state index contributed by atoms with van der Waals surface area (Å²) >= 11 is 0. The van der Waals surface area contributed by atoms with E-state index < -0.39 is 23.2 Å². The topological polar surface area (TPSA) is 63.3 Å². The van der Waals surface area contributed by atoms with Crippen molar-refractivity contribution < 1.29 is 23.1 Å². The molecule has 0 aliphatic heterocycles. The second-order valence-electron chi connectivity index (χ2n) is 6.12. The lowest BCUT2D eigenvalue weighted by atomic mass is 9.87. The van der Waals surface area contributed by atoms with Gasteiger partial charge in [0.05, 0.1) is 5.56 Å². The molecule has 22 heavy (non-hydrogen) atoms. The predicted octanol–water partition coefficient (Wildman–Crippen LogP) is 3.86. The number of rotatable bonds is 7. The largest absolute Gasteiger partial charge is 0.480 e. The molecule has 1 aromatic carbocycles. The average Bonchev–Trinajstić information content (AvgIpc) is 2.37. The molecule has 6 heteroatoms. The van der Waals surface area contributed by atoms with Gasteiger partial charge in [-0.25, -0.2) is 0 Å². The van der Waals surface area contributed by atoms with Gasteiger partial charge in [0.15, 0.2) is 0 Å². The molecule has 0 aliphatic rings. The molecule has 0 saturated carbocycles. The highest BCUT2D eigenvalue weighted by atomic mass is 19.4. The number of halogens is 3. The molecule has 0 unspecified atom stereocenters. The third kappa shape index (κ3) is 5.67. The highest BCUT2D eigenvalue weighted by Crippen LogP contribution is 2.29. The Balaban J connectivity index is 2.43. The second-order valence-corrected chi connectivity index (χ2v) is 6.12. The second kappa shape index (κ2) is 7.13. The number of carboxylic acids is 1. The van der Waals surface area contributed by atoms with Gasteiger partial charge in [0.25, 0.3) is 0 Å². The van der Waals surface area contributed by atoms with Crippen molar-refractivity contribution in [2.45, 2.75) is 51.2 Å². The van der Waals surface area contributed by atoms with Gasteiger partial charge in [0.1, 0.15) is 5.54 Å². The van der Waals surface area contributed by atoms with Crippen molar-refractivity contribution in [2.75, 3.05) is 0 Å². The van der Waals surface area contributed by atoms with Gasteiger partial charge in [-0.15, -0.1) is 0 Å². The van der Waals surface area contributed by atoms with Crippen molar-refractivity contribution in [1.29, 1.82) is 0 Å². The summed E-state index contributed by atoms with van der Waals surface area (Å²) in [5, 5.41) is 8.97. The molecule has 0 radical (unpaired) electrons. The summed E-state index contributed by atoms with van der Waals surface area (Å²) in [6.07, 6.45) is -1.72. The van der Waals surface area contributed by atoms with Gasteiger partial charge in [0.2, 0.25) is 0 Å². The van der Waals surface area contributed by atoms with E-state index in [0.29, 0.717) is 12.8 Å². The molecule has 0 aliphatic carbocycles. The third-order valence-corrected chi connectivity index (χ3v) is 3.70. The van der Waals surface area contributed by atoms with E-state index in [0.717, 1.165) is 30.5 Å². The third-order valence-electron chi connectivity index (χ3n) is 3.70. The Morgan fingerprint density at radius 1 is 1.27 bits per heavy atom. The number of hydrogen-bond donors (Lipinski definition) is 2. The van der Waals surface area contributed by atoms with E-state index in [1.54, 1.807) is 0 Å². The molecule has 0 bridgehead atoms. The molecule has 0 amide bonds. The molecule has 0 saturated heterocycles. The molecule has 3 N–H and O–H groups in total. The van der Waals surface area contributed by atoms with Crippen LogP contribution in [0, 0.1) is 5.92 Å². The van der Waals surface area contributed by atoms with Gasteiger partial charge in [-0.2, -0.15) is 13.2 Å². The summed E-state index contributed by atoms with van der Waals surface area (Å²) in [4.78, 5) is 10.9. The summed E-state index contributed by atoms with van der Waals surface area (Å²) < 4.78 is 37.3. The monoisotopic (exact) mass is 317 g/mol. The predicted molar refractivity (Wildman–Crippen MR) is 78.4 cm³/mol. The molecule has 0 heterocycles. The minimum atomic E-state index is -4.31. The van der Waals surface area contributed by atoms with E-state index in [1.807, 2.05) is 6.92 Å². The summed E-state index contributed by atoms with van der Waals surface area (Å²) in [6, 6.07) is 5.13. The summed E-state index contributed by atoms with van der Waals surface area (Å²) in [5.41, 5.74) is 4.65. The van der Waals surface area contributed by atoms with E-state index in [4.69, 9.17) is 10.8 Å². The fraction of sp³-hybridized carbons (Fsp3) is 0.562. The Hall–Kier alpha value is -1.56. The minimum Gasteiger partial charge on any atom is -0.480 e. The van der Waals surface area contributed by atoms with Crippen LogP contribution in [0.1, 0.15) is 44.2 Å². The van der Waals surface area contributed by atoms with E-state index in [1.165, 1.54) is 19.1 Å². The minimum absolute atomic E-state index is 0.139. The molecular weight excluding hydrogens is 295 g/mol. The molecule has 0 fully saturated rings. The zero-order valence-corrected chi connectivity index (χ0v) is 12.8. The van der Waals surface area contributed by atoms with Crippen molar-refractivity contribution in [3.8, 4) is 0 Å². The standard InChI is InChI=1S/C16H22F3NO2/c1-11(10-15(2,20)14(21)22)4-3-5-12-6-8-13(9-7-12)16(17,18)19/h6-9,11H,3-5,10,20H2,1-2H3,(H,21,22)/t11-,15+/m0/s1. The van der Waals surface area contributed by atoms with E-state index in [9.17, 15) is 18.0 Å². The molecule has 3 nitrogen and oxygen atoms in total. The lowest BCUT2D eigenvalue weighted by Crippen LogP contribution is -2.46. The molecule has 2 atom stereocenters. The lowest BCUT2D eigenvalue weighted by Gasteiger charge is -2.23. The summed E-state index contributed by atoms with van der Waals surface area (Å²) in [6.45, 7) is 3.42. The van der Waals surface area contributed by atoms with E-state index >= 15 is 0 Å². The highest BCUT2D eigenvalue weighted by Gasteiger charge is 2.30. The molecule has 0 aromatic heterocycles. The maximum absolute atomic E-state index is 12.4. The van der Waals surface area contributed by atoms with Crippen LogP contribution in [0.25, 0.3) is 0 Å². The summed E-state index contributed by atoms with van der Waals surface area (Å²) in [5.74, 6) is -0.886. The van der Waals surface area contributed by atoms with Crippen LogP contribution in [0.2, 0.25) is 0 Å². The van der Waals surface area contributed by atoms with Gasteiger partial charge >= 0.3 is 12.1 Å². The van der Waals surface area contributed by atoms with Crippen molar-refractivity contribution in [3.63, 3.8) is 0 Å². The van der Waals surface area contributed by atoms with Crippen LogP contribution in [0.4, 0.5) is 13.2 Å². The van der Waals surface area contributed by atoms with Gasteiger partial charge in [-0.1, -0.05) is 25.5 Å². The van der Waals surface area contributed by atoms with Crippen LogP contribution in [0.3, 0.4) is 0 Å². The maximum atomic E-state index is 12.4. The van der Waals surface area contributed by atoms with Crippen molar-refractivity contribution in [3.05, 3.63) is 35.4 Å². The Bertz CT molecular complexity index is 495. The first kappa shape index (κ1) is 18.5. The number of nitrogens with two attached hydrogens (primary N) is 1. The van der Waals surface area contributed by atoms with Crippen LogP contribution in [-0.4, -0.2) is 16.6 Å². The number of alkyl halides is 3. The van der Waals surface area contributed by atoms with E-state index in [-0.39, 0.29) is 5.92 Å². The molecular formula is C16H22F3NO2. The Morgan fingerprint density at radius 3 is 2.27 bits per heavy atom. The van der Waals surface area contributed by atoms with Gasteiger partial charge in [0, 0.05) is 0 Å². The number of aliphatic carboxylic acids is 1. The molecule has 1 rings (SSSR count). The first-order chi connectivity index (χ1) is 10.0. The van der Waals surface area contributed by atoms with E-state index in [2.05, 4.69) is 0 Å². The molecule has 1 aromatic rings. The first-order valence-electron chi connectivity index (χ1n) is 7.21. The normalized spacial score (nSPS) is 16.1. The van der Waals surface area contributed by atoms with Crippen molar-refractivity contribution in [2.24, 2.45) is 11.7 Å². The SMILES string of the molecule is C[C@@H](CCCc1ccc(C(F)(F)F)cc1)C[C@@](C)(N)C(=O)O. The zero-order chi connectivity index (χ0) is 17.0. The van der Waals surface area contributed by atoms with Crippen LogP contribution in [0.15, 0.2) is 24.3 Å². The number of benzene rings is 1. The first-order valence-corrected chi connectivity index (χ1v) is 7.21.